The molecule has 0 saturated heterocycles. The Morgan fingerprint density at radius 2 is 2.19 bits per heavy atom. The number of alkyl halides is 3. The molecular weight excluding hydrogens is 269 g/mol. The zero-order chi connectivity index (χ0) is 12.6. The fraction of sp³-hybridized carbons (Fsp3) is 0.429. The van der Waals surface area contributed by atoms with Crippen molar-refractivity contribution in [2.24, 2.45) is 0 Å². The van der Waals surface area contributed by atoms with E-state index in [4.69, 9.17) is 16.7 Å². The van der Waals surface area contributed by atoms with E-state index in [0.29, 0.717) is 6.92 Å². The SMILES string of the molecule is CC(Nc1nc(Cl)cs1)(C(=O)O)C(F)(F)F. The summed E-state index contributed by atoms with van der Waals surface area (Å²) in [5.41, 5.74) is -3.09. The Labute approximate surface area is 97.1 Å². The maximum absolute atomic E-state index is 12.5. The van der Waals surface area contributed by atoms with Crippen LogP contribution in [0, 0.1) is 0 Å². The topological polar surface area (TPSA) is 62.2 Å². The van der Waals surface area contributed by atoms with Crippen molar-refractivity contribution < 1.29 is 23.1 Å². The number of carbonyl (C=O) groups is 1. The van der Waals surface area contributed by atoms with Crippen LogP contribution in [0.2, 0.25) is 5.15 Å². The molecule has 0 aliphatic heterocycles. The molecule has 0 fully saturated rings. The van der Waals surface area contributed by atoms with Crippen molar-refractivity contribution in [2.75, 3.05) is 5.32 Å². The van der Waals surface area contributed by atoms with Gasteiger partial charge in [0.2, 0.25) is 5.54 Å². The number of nitrogens with one attached hydrogen (secondary N) is 1. The van der Waals surface area contributed by atoms with Crippen molar-refractivity contribution in [1.82, 2.24) is 4.98 Å². The van der Waals surface area contributed by atoms with Crippen LogP contribution < -0.4 is 5.32 Å². The molecule has 1 atom stereocenters. The van der Waals surface area contributed by atoms with Crippen LogP contribution >= 0.6 is 22.9 Å². The van der Waals surface area contributed by atoms with Gasteiger partial charge in [0.15, 0.2) is 5.13 Å². The molecule has 1 rings (SSSR count). The summed E-state index contributed by atoms with van der Waals surface area (Å²) in [5, 5.41) is 11.5. The number of hydrogen-bond donors (Lipinski definition) is 2. The Morgan fingerprint density at radius 1 is 1.62 bits per heavy atom. The minimum atomic E-state index is -4.95. The number of aromatic nitrogens is 1. The van der Waals surface area contributed by atoms with Crippen molar-refractivity contribution in [3.63, 3.8) is 0 Å². The first-order valence-electron chi connectivity index (χ1n) is 3.86. The lowest BCUT2D eigenvalue weighted by Crippen LogP contribution is -2.55. The van der Waals surface area contributed by atoms with Gasteiger partial charge in [0.1, 0.15) is 5.15 Å². The number of nitrogens with zero attached hydrogens (tertiary/aromatic N) is 1. The van der Waals surface area contributed by atoms with Crippen LogP contribution in [-0.2, 0) is 4.79 Å². The van der Waals surface area contributed by atoms with E-state index in [1.165, 1.54) is 5.38 Å². The van der Waals surface area contributed by atoms with Gasteiger partial charge in [-0.25, -0.2) is 9.78 Å². The van der Waals surface area contributed by atoms with E-state index in [1.807, 2.05) is 5.32 Å². The molecule has 4 nitrogen and oxygen atoms in total. The fourth-order valence-corrected chi connectivity index (χ4v) is 1.71. The molecule has 16 heavy (non-hydrogen) atoms. The fourth-order valence-electron chi connectivity index (χ4n) is 0.771. The Balaban J connectivity index is 3.01. The number of carboxylic acids is 1. The Hall–Kier alpha value is -1.02. The molecule has 0 saturated carbocycles. The van der Waals surface area contributed by atoms with E-state index in [1.54, 1.807) is 0 Å². The van der Waals surface area contributed by atoms with E-state index in [9.17, 15) is 18.0 Å². The van der Waals surface area contributed by atoms with Crippen molar-refractivity contribution in [3.05, 3.63) is 10.5 Å². The third-order valence-corrected chi connectivity index (χ3v) is 2.91. The Morgan fingerprint density at radius 3 is 2.50 bits per heavy atom. The van der Waals surface area contributed by atoms with Crippen LogP contribution in [0.15, 0.2) is 5.38 Å². The molecule has 1 aromatic heterocycles. The van der Waals surface area contributed by atoms with Crippen LogP contribution in [-0.4, -0.2) is 27.8 Å². The number of rotatable bonds is 3. The van der Waals surface area contributed by atoms with Gasteiger partial charge in [-0.05, 0) is 6.92 Å². The largest absolute Gasteiger partial charge is 0.479 e. The summed E-state index contributed by atoms with van der Waals surface area (Å²) in [7, 11) is 0. The molecule has 1 aromatic rings. The maximum Gasteiger partial charge on any atom is 0.422 e. The van der Waals surface area contributed by atoms with Crippen molar-refractivity contribution in [2.45, 2.75) is 18.6 Å². The van der Waals surface area contributed by atoms with E-state index < -0.39 is 17.7 Å². The molecule has 0 aliphatic carbocycles. The van der Waals surface area contributed by atoms with E-state index in [2.05, 4.69) is 4.98 Å². The molecule has 0 radical (unpaired) electrons. The molecule has 0 spiro atoms. The van der Waals surface area contributed by atoms with Gasteiger partial charge in [-0.3, -0.25) is 0 Å². The lowest BCUT2D eigenvalue weighted by molar-refractivity contribution is -0.192. The molecule has 90 valence electrons. The van der Waals surface area contributed by atoms with E-state index in [0.717, 1.165) is 11.3 Å². The van der Waals surface area contributed by atoms with Gasteiger partial charge in [0, 0.05) is 5.38 Å². The van der Waals surface area contributed by atoms with Gasteiger partial charge in [-0.2, -0.15) is 13.2 Å². The Kier molecular flexibility index (Phi) is 3.34. The number of aliphatic carboxylic acids is 1. The van der Waals surface area contributed by atoms with E-state index in [-0.39, 0.29) is 10.3 Å². The first-order valence-corrected chi connectivity index (χ1v) is 5.12. The quantitative estimate of drug-likeness (QED) is 0.889. The first-order chi connectivity index (χ1) is 7.17. The third-order valence-electron chi connectivity index (χ3n) is 1.83. The van der Waals surface area contributed by atoms with Crippen LogP contribution in [0.1, 0.15) is 6.92 Å². The highest BCUT2D eigenvalue weighted by Gasteiger charge is 2.58. The van der Waals surface area contributed by atoms with Crippen LogP contribution in [0.3, 0.4) is 0 Å². The molecule has 0 bridgehead atoms. The summed E-state index contributed by atoms with van der Waals surface area (Å²) in [4.78, 5) is 14.1. The second-order valence-electron chi connectivity index (χ2n) is 3.03. The molecule has 0 aliphatic rings. The highest BCUT2D eigenvalue weighted by Crippen LogP contribution is 2.34. The van der Waals surface area contributed by atoms with E-state index >= 15 is 0 Å². The second kappa shape index (κ2) is 4.10. The zero-order valence-corrected chi connectivity index (χ0v) is 9.37. The van der Waals surface area contributed by atoms with Gasteiger partial charge in [0.05, 0.1) is 0 Å². The molecule has 0 aromatic carbocycles. The molecule has 2 N–H and O–H groups in total. The number of carboxylic acid groups (broad SMARTS) is 1. The monoisotopic (exact) mass is 274 g/mol. The highest BCUT2D eigenvalue weighted by molar-refractivity contribution is 7.14. The van der Waals surface area contributed by atoms with Gasteiger partial charge in [-0.15, -0.1) is 11.3 Å². The van der Waals surface area contributed by atoms with Crippen molar-refractivity contribution in [3.8, 4) is 0 Å². The number of thiazole rings is 1. The number of anilines is 1. The summed E-state index contributed by atoms with van der Waals surface area (Å²) < 4.78 is 37.6. The number of hydrogen-bond acceptors (Lipinski definition) is 4. The van der Waals surface area contributed by atoms with Crippen molar-refractivity contribution in [1.29, 1.82) is 0 Å². The summed E-state index contributed by atoms with van der Waals surface area (Å²) in [6, 6.07) is 0. The third kappa shape index (κ3) is 2.38. The normalized spacial score (nSPS) is 15.6. The Bertz CT molecular complexity index is 409. The molecule has 1 unspecified atom stereocenters. The molecule has 0 amide bonds. The minimum Gasteiger partial charge on any atom is -0.479 e. The second-order valence-corrected chi connectivity index (χ2v) is 4.27. The lowest BCUT2D eigenvalue weighted by atomic mass is 10.0. The molecule has 1 heterocycles. The smallest absolute Gasteiger partial charge is 0.422 e. The minimum absolute atomic E-state index is 0.00223. The first kappa shape index (κ1) is 13.0. The molecule has 9 heteroatoms. The summed E-state index contributed by atoms with van der Waals surface area (Å²) in [5.74, 6) is -2.04. The van der Waals surface area contributed by atoms with Gasteiger partial charge >= 0.3 is 12.1 Å². The van der Waals surface area contributed by atoms with Gasteiger partial charge in [0.25, 0.3) is 0 Å². The summed E-state index contributed by atoms with van der Waals surface area (Å²) >= 11 is 6.21. The summed E-state index contributed by atoms with van der Waals surface area (Å²) in [6.07, 6.45) is -4.95. The van der Waals surface area contributed by atoms with Crippen LogP contribution in [0.5, 0.6) is 0 Å². The number of halogens is 4. The standard InChI is InChI=1S/C7H6ClF3N2O2S/c1-6(4(14)15,7(9,10)11)13-5-12-3(8)2-16-5/h2H,1H3,(H,12,13)(H,14,15). The van der Waals surface area contributed by atoms with Crippen molar-refractivity contribution >= 4 is 34.0 Å². The predicted molar refractivity (Wildman–Crippen MR) is 52.8 cm³/mol. The van der Waals surface area contributed by atoms with Gasteiger partial charge in [-0.1, -0.05) is 11.6 Å². The summed E-state index contributed by atoms with van der Waals surface area (Å²) in [6.45, 7) is 0.518. The van der Waals surface area contributed by atoms with Gasteiger partial charge < -0.3 is 10.4 Å². The molecular formula is C7H6ClF3N2O2S. The van der Waals surface area contributed by atoms with Crippen LogP contribution in [0.25, 0.3) is 0 Å². The average molecular weight is 275 g/mol. The maximum atomic E-state index is 12.5. The van der Waals surface area contributed by atoms with Crippen LogP contribution in [0.4, 0.5) is 18.3 Å². The highest BCUT2D eigenvalue weighted by atomic mass is 35.5. The lowest BCUT2D eigenvalue weighted by Gasteiger charge is -2.28. The zero-order valence-electron chi connectivity index (χ0n) is 7.80. The average Bonchev–Trinajstić information content (AvgIpc) is 2.48. The predicted octanol–water partition coefficient (Wildman–Crippen LogP) is 2.61.